The second-order valence-corrected chi connectivity index (χ2v) is 6.01. The molecule has 3 atom stereocenters. The molecule has 0 saturated carbocycles. The molecule has 8 nitrogen and oxygen atoms in total. The monoisotopic (exact) mass is 339 g/mol. The molecule has 0 bridgehead atoms. The van der Waals surface area contributed by atoms with Crippen LogP contribution in [0.4, 0.5) is 5.82 Å². The van der Waals surface area contributed by atoms with Gasteiger partial charge in [0.15, 0.2) is 17.2 Å². The lowest BCUT2D eigenvalue weighted by molar-refractivity contribution is -0.0176. The molecule has 1 aromatic carbocycles. The van der Waals surface area contributed by atoms with Crippen molar-refractivity contribution in [3.63, 3.8) is 0 Å². The summed E-state index contributed by atoms with van der Waals surface area (Å²) in [6.45, 7) is 0. The van der Waals surface area contributed by atoms with E-state index in [-0.39, 0.29) is 18.0 Å². The number of ketones is 1. The number of hydrogen-bond acceptors (Lipinski definition) is 7. The number of hydrogen-bond donors (Lipinski definition) is 2. The van der Waals surface area contributed by atoms with Crippen molar-refractivity contribution in [1.29, 1.82) is 0 Å². The third kappa shape index (κ3) is 2.86. The summed E-state index contributed by atoms with van der Waals surface area (Å²) >= 11 is 0. The summed E-state index contributed by atoms with van der Waals surface area (Å²) in [5.41, 5.74) is 7.43. The van der Waals surface area contributed by atoms with Gasteiger partial charge in [-0.05, 0) is 0 Å². The molecular formula is C17H17N5O3. The van der Waals surface area contributed by atoms with Crippen LogP contribution in [0.1, 0.15) is 29.4 Å². The normalized spacial score (nSPS) is 23.2. The number of benzene rings is 1. The quantitative estimate of drug-likeness (QED) is 0.689. The Balaban J connectivity index is 1.53. The van der Waals surface area contributed by atoms with Gasteiger partial charge in [0.05, 0.1) is 18.5 Å². The lowest BCUT2D eigenvalue weighted by atomic mass is 10.0. The minimum absolute atomic E-state index is 0.0626. The van der Waals surface area contributed by atoms with E-state index in [9.17, 15) is 9.90 Å². The highest BCUT2D eigenvalue weighted by atomic mass is 16.5. The van der Waals surface area contributed by atoms with Crippen LogP contribution in [-0.2, 0) is 4.74 Å². The van der Waals surface area contributed by atoms with Crippen LogP contribution in [0.15, 0.2) is 43.0 Å². The molecular weight excluding hydrogens is 322 g/mol. The molecule has 3 N–H and O–H groups in total. The van der Waals surface area contributed by atoms with E-state index in [2.05, 4.69) is 15.0 Å². The van der Waals surface area contributed by atoms with Gasteiger partial charge in [0.2, 0.25) is 0 Å². The van der Waals surface area contributed by atoms with Crippen LogP contribution in [0, 0.1) is 0 Å². The summed E-state index contributed by atoms with van der Waals surface area (Å²) in [6.07, 6.45) is 1.62. The summed E-state index contributed by atoms with van der Waals surface area (Å²) < 4.78 is 7.62. The minimum Gasteiger partial charge on any atom is -0.390 e. The van der Waals surface area contributed by atoms with Crippen molar-refractivity contribution in [2.75, 3.05) is 5.73 Å². The number of aliphatic hydroxyl groups excluding tert-OH is 1. The van der Waals surface area contributed by atoms with Gasteiger partial charge in [-0.15, -0.1) is 0 Å². The van der Waals surface area contributed by atoms with E-state index in [0.29, 0.717) is 23.1 Å². The van der Waals surface area contributed by atoms with Crippen LogP contribution in [0.2, 0.25) is 0 Å². The first kappa shape index (κ1) is 15.7. The van der Waals surface area contributed by atoms with Crippen LogP contribution < -0.4 is 5.73 Å². The summed E-state index contributed by atoms with van der Waals surface area (Å²) in [5.74, 6) is 0.227. The number of imidazole rings is 1. The Morgan fingerprint density at radius 3 is 2.88 bits per heavy atom. The molecule has 8 heteroatoms. The largest absolute Gasteiger partial charge is 0.390 e. The summed E-state index contributed by atoms with van der Waals surface area (Å²) in [6, 6.07) is 8.98. The molecule has 3 heterocycles. The lowest BCUT2D eigenvalue weighted by Crippen LogP contribution is -2.24. The Labute approximate surface area is 143 Å². The molecule has 1 saturated heterocycles. The van der Waals surface area contributed by atoms with Crippen LogP contribution in [-0.4, -0.2) is 42.6 Å². The van der Waals surface area contributed by atoms with Gasteiger partial charge in [0.1, 0.15) is 18.1 Å². The van der Waals surface area contributed by atoms with Crippen LogP contribution >= 0.6 is 0 Å². The number of Topliss-reactive ketones (excluding diaryl/α,β-unsaturated/α-hetero) is 1. The molecule has 1 fully saturated rings. The molecule has 3 aromatic rings. The zero-order chi connectivity index (χ0) is 17.4. The third-order valence-electron chi connectivity index (χ3n) is 4.38. The lowest BCUT2D eigenvalue weighted by Gasteiger charge is -2.15. The smallest absolute Gasteiger partial charge is 0.167 e. The van der Waals surface area contributed by atoms with Crippen LogP contribution in [0.5, 0.6) is 0 Å². The summed E-state index contributed by atoms with van der Waals surface area (Å²) in [5, 5.41) is 10.3. The molecule has 4 rings (SSSR count). The first-order valence-corrected chi connectivity index (χ1v) is 7.98. The number of ether oxygens (including phenoxy) is 1. The van der Waals surface area contributed by atoms with Gasteiger partial charge in [-0.2, -0.15) is 0 Å². The van der Waals surface area contributed by atoms with Gasteiger partial charge >= 0.3 is 0 Å². The van der Waals surface area contributed by atoms with Gasteiger partial charge in [-0.3, -0.25) is 9.36 Å². The van der Waals surface area contributed by atoms with Crippen molar-refractivity contribution in [2.24, 2.45) is 0 Å². The molecule has 0 radical (unpaired) electrons. The minimum atomic E-state index is -0.741. The number of nitrogen functional groups attached to an aromatic ring is 1. The van der Waals surface area contributed by atoms with E-state index in [0.717, 1.165) is 0 Å². The fourth-order valence-corrected chi connectivity index (χ4v) is 3.08. The molecule has 0 spiro atoms. The Kier molecular flexibility index (Phi) is 3.90. The van der Waals surface area contributed by atoms with E-state index in [1.165, 1.54) is 6.33 Å². The molecule has 0 aliphatic carbocycles. The second-order valence-electron chi connectivity index (χ2n) is 6.01. The maximum Gasteiger partial charge on any atom is 0.167 e. The molecule has 1 aliphatic rings. The second kappa shape index (κ2) is 6.23. The average Bonchev–Trinajstić information content (AvgIpc) is 3.20. The van der Waals surface area contributed by atoms with Gasteiger partial charge in [0.25, 0.3) is 0 Å². The van der Waals surface area contributed by atoms with Crippen molar-refractivity contribution >= 4 is 22.8 Å². The van der Waals surface area contributed by atoms with E-state index in [4.69, 9.17) is 10.5 Å². The first-order valence-electron chi connectivity index (χ1n) is 7.98. The standard InChI is InChI=1S/C17H17N5O3/c18-16-15-17(20-8-19-16)22(9-21-15)14-7-12(24)13(25-14)6-11(23)10-4-2-1-3-5-10/h1-5,8-9,12-14,24H,6-7H2,(H2,18,19,20)/t12-,13+,14+/m0/s1. The van der Waals surface area contributed by atoms with Crippen molar-refractivity contribution in [2.45, 2.75) is 31.3 Å². The number of aromatic nitrogens is 4. The highest BCUT2D eigenvalue weighted by molar-refractivity contribution is 5.96. The number of carbonyl (C=O) groups is 1. The summed E-state index contributed by atoms with van der Waals surface area (Å²) in [4.78, 5) is 24.6. The first-order chi connectivity index (χ1) is 12.1. The third-order valence-corrected chi connectivity index (χ3v) is 4.38. The predicted molar refractivity (Wildman–Crippen MR) is 89.7 cm³/mol. The zero-order valence-electron chi connectivity index (χ0n) is 13.3. The number of nitrogens with zero attached hydrogens (tertiary/aromatic N) is 4. The number of nitrogens with two attached hydrogens (primary N) is 1. The maximum atomic E-state index is 12.3. The van der Waals surface area contributed by atoms with E-state index in [1.54, 1.807) is 23.0 Å². The maximum absolute atomic E-state index is 12.3. The van der Waals surface area contributed by atoms with Crippen molar-refractivity contribution in [1.82, 2.24) is 19.5 Å². The fourth-order valence-electron chi connectivity index (χ4n) is 3.08. The van der Waals surface area contributed by atoms with E-state index >= 15 is 0 Å². The number of anilines is 1. The van der Waals surface area contributed by atoms with Gasteiger partial charge < -0.3 is 15.6 Å². The van der Waals surface area contributed by atoms with Crippen molar-refractivity contribution in [3.05, 3.63) is 48.5 Å². The van der Waals surface area contributed by atoms with Gasteiger partial charge in [-0.1, -0.05) is 30.3 Å². The molecule has 0 amide bonds. The van der Waals surface area contributed by atoms with E-state index in [1.807, 2.05) is 18.2 Å². The molecule has 0 unspecified atom stereocenters. The Morgan fingerprint density at radius 1 is 1.28 bits per heavy atom. The van der Waals surface area contributed by atoms with Crippen LogP contribution in [0.25, 0.3) is 11.2 Å². The van der Waals surface area contributed by atoms with E-state index < -0.39 is 18.4 Å². The molecule has 2 aromatic heterocycles. The van der Waals surface area contributed by atoms with Crippen molar-refractivity contribution < 1.29 is 14.6 Å². The van der Waals surface area contributed by atoms with Gasteiger partial charge in [0, 0.05) is 18.4 Å². The SMILES string of the molecule is Nc1ncnc2c1ncn2[C@H]1C[C@H](O)[C@@H](CC(=O)c2ccccc2)O1. The topological polar surface area (TPSA) is 116 Å². The Bertz CT molecular complexity index is 911. The number of fused-ring (bicyclic) bond motifs is 1. The predicted octanol–water partition coefficient (Wildman–Crippen LogP) is 1.33. The van der Waals surface area contributed by atoms with Crippen LogP contribution in [0.3, 0.4) is 0 Å². The average molecular weight is 339 g/mol. The highest BCUT2D eigenvalue weighted by Crippen LogP contribution is 2.33. The molecule has 128 valence electrons. The van der Waals surface area contributed by atoms with Crippen molar-refractivity contribution in [3.8, 4) is 0 Å². The number of carbonyl (C=O) groups excluding carboxylic acids is 1. The molecule has 25 heavy (non-hydrogen) atoms. The molecule has 1 aliphatic heterocycles. The Morgan fingerprint density at radius 2 is 2.08 bits per heavy atom. The fraction of sp³-hybridized carbons (Fsp3) is 0.294. The van der Waals surface area contributed by atoms with Gasteiger partial charge in [-0.25, -0.2) is 15.0 Å². The highest BCUT2D eigenvalue weighted by Gasteiger charge is 2.37. The number of aliphatic hydroxyl groups is 1. The zero-order valence-corrected chi connectivity index (χ0v) is 13.3. The summed E-state index contributed by atoms with van der Waals surface area (Å²) in [7, 11) is 0. The number of rotatable bonds is 4. The Hall–Kier alpha value is -2.84.